The summed E-state index contributed by atoms with van der Waals surface area (Å²) in [4.78, 5) is 3.75. The number of rotatable bonds is 0. The van der Waals surface area contributed by atoms with Crippen molar-refractivity contribution in [3.05, 3.63) is 0 Å². The molecule has 3 heteroatoms. The first-order chi connectivity index (χ1) is 3.00. The Morgan fingerprint density at radius 3 is 3.00 bits per heavy atom. The Morgan fingerprint density at radius 1 is 1.83 bits per heavy atom. The quantitative estimate of drug-likeness (QED) is 0.414. The van der Waals surface area contributed by atoms with Crippen LogP contribution in [0, 0.1) is 0 Å². The van der Waals surface area contributed by atoms with Gasteiger partial charge in [0.15, 0.2) is 6.40 Å². The van der Waals surface area contributed by atoms with Crippen LogP contribution in [0.2, 0.25) is 0 Å². The van der Waals surface area contributed by atoms with Crippen LogP contribution in [-0.2, 0) is 4.74 Å². The number of hydrogen-bond acceptors (Lipinski definition) is 2. The predicted octanol–water partition coefficient (Wildman–Crippen LogP) is 0.733. The zero-order valence-electron chi connectivity index (χ0n) is 3.10. The summed E-state index contributed by atoms with van der Waals surface area (Å²) in [7, 11) is 0. The van der Waals surface area contributed by atoms with E-state index in [1.807, 2.05) is 4.14 Å². The average Bonchev–Trinajstić information content (AvgIpc) is 1.72. The van der Waals surface area contributed by atoms with E-state index in [1.165, 1.54) is 6.40 Å². The third-order valence-electron chi connectivity index (χ3n) is 0.387. The van der Waals surface area contributed by atoms with Crippen molar-refractivity contribution >= 4 is 31.3 Å². The van der Waals surface area contributed by atoms with Gasteiger partial charge in [-0.25, -0.2) is 4.99 Å². The average molecular weight is 197 g/mol. The molecule has 1 rings (SSSR count). The fourth-order valence-corrected chi connectivity index (χ4v) is 1.09. The Labute approximate surface area is 46.0 Å². The Hall–Kier alpha value is 0.0700. The van der Waals surface area contributed by atoms with E-state index in [9.17, 15) is 0 Å². The summed E-state index contributed by atoms with van der Waals surface area (Å²) in [6.45, 7) is 0. The van der Waals surface area contributed by atoms with Gasteiger partial charge in [0.25, 0.3) is 0 Å². The summed E-state index contributed by atoms with van der Waals surface area (Å²) in [6, 6.07) is 0. The Bertz CT molecular complexity index is 76.8. The molecule has 0 saturated heterocycles. The molecule has 0 saturated carbocycles. The van der Waals surface area contributed by atoms with Crippen LogP contribution in [0.15, 0.2) is 4.99 Å². The molecule has 34 valence electrons. The van der Waals surface area contributed by atoms with Crippen molar-refractivity contribution in [2.45, 2.75) is 0 Å². The molecule has 0 spiro atoms. The molecule has 0 N–H and O–H groups in total. The van der Waals surface area contributed by atoms with Gasteiger partial charge in [0, 0.05) is 0 Å². The fraction of sp³-hybridized carbons (Fsp3) is 0.333. The van der Waals surface area contributed by atoms with E-state index in [0.29, 0.717) is 0 Å². The lowest BCUT2D eigenvalue weighted by molar-refractivity contribution is 0.412. The number of hydrogen-bond donors (Lipinski definition) is 0. The SMILES string of the molecule is C1=NC=ICO1. The lowest BCUT2D eigenvalue weighted by Gasteiger charge is -1.92. The lowest BCUT2D eigenvalue weighted by Crippen LogP contribution is -1.86. The van der Waals surface area contributed by atoms with Gasteiger partial charge in [0.2, 0.25) is 0 Å². The molecule has 0 radical (unpaired) electrons. The number of alkyl halides is 1. The molecule has 0 aromatic carbocycles. The van der Waals surface area contributed by atoms with Gasteiger partial charge in [-0.05, 0) is 0 Å². The van der Waals surface area contributed by atoms with Crippen molar-refractivity contribution in [1.82, 2.24) is 0 Å². The molecule has 2 nitrogen and oxygen atoms in total. The highest BCUT2D eigenvalue weighted by Gasteiger charge is 1.77. The Morgan fingerprint density at radius 2 is 2.83 bits per heavy atom. The van der Waals surface area contributed by atoms with E-state index in [1.54, 1.807) is 0 Å². The Balaban J connectivity index is 2.46. The molecule has 0 bridgehead atoms. The van der Waals surface area contributed by atoms with Gasteiger partial charge in [0.05, 0.1) is 4.14 Å². The lowest BCUT2D eigenvalue weighted by atomic mass is 11.3. The normalized spacial score (nSPS) is 18.7. The maximum absolute atomic E-state index is 4.80. The molecule has 0 unspecified atom stereocenters. The van der Waals surface area contributed by atoms with E-state index >= 15 is 0 Å². The number of halogens is 1. The van der Waals surface area contributed by atoms with E-state index in [2.05, 4.69) is 4.99 Å². The second-order valence-electron chi connectivity index (χ2n) is 0.782. The van der Waals surface area contributed by atoms with Crippen molar-refractivity contribution in [1.29, 1.82) is 0 Å². The van der Waals surface area contributed by atoms with Crippen molar-refractivity contribution in [3.63, 3.8) is 0 Å². The first-order valence-electron chi connectivity index (χ1n) is 1.53. The van der Waals surface area contributed by atoms with E-state index in [4.69, 9.17) is 4.74 Å². The summed E-state index contributed by atoms with van der Waals surface area (Å²) in [5.74, 6) is 0. The molecule has 1 aliphatic rings. The molecule has 1 aliphatic heterocycles. The topological polar surface area (TPSA) is 21.6 Å². The van der Waals surface area contributed by atoms with E-state index < -0.39 is 0 Å². The standard InChI is InChI=1S/C3H4INO/c1-4-2-6-3-5-1/h1,3H,2H2. The highest BCUT2D eigenvalue weighted by atomic mass is 127. The number of nitrogens with zero attached hydrogens (tertiary/aromatic N) is 1. The van der Waals surface area contributed by atoms with Crippen LogP contribution >= 0.6 is 20.7 Å². The molecular formula is C3H4INO. The minimum atomic E-state index is 0.170. The van der Waals surface area contributed by atoms with Crippen LogP contribution in [0.25, 0.3) is 0 Å². The van der Waals surface area contributed by atoms with Gasteiger partial charge in [-0.3, -0.25) is 0 Å². The van der Waals surface area contributed by atoms with Crippen molar-refractivity contribution in [2.75, 3.05) is 4.61 Å². The fourth-order valence-electron chi connectivity index (χ4n) is 0.199. The van der Waals surface area contributed by atoms with E-state index in [-0.39, 0.29) is 20.7 Å². The van der Waals surface area contributed by atoms with Gasteiger partial charge < -0.3 is 4.74 Å². The van der Waals surface area contributed by atoms with Gasteiger partial charge >= 0.3 is 0 Å². The minimum absolute atomic E-state index is 0.170. The highest BCUT2D eigenvalue weighted by Crippen LogP contribution is 1.96. The highest BCUT2D eigenvalue weighted by molar-refractivity contribution is 14.2. The molecule has 0 aromatic rings. The summed E-state index contributed by atoms with van der Waals surface area (Å²) in [5, 5.41) is 0. The van der Waals surface area contributed by atoms with Crippen LogP contribution in [0.5, 0.6) is 0 Å². The second kappa shape index (κ2) is 2.28. The third kappa shape index (κ3) is 1.04. The molecule has 1 heterocycles. The molecular weight excluding hydrogens is 193 g/mol. The molecule has 0 aromatic heterocycles. The first kappa shape index (κ1) is 4.23. The summed E-state index contributed by atoms with van der Waals surface area (Å²) in [6.07, 6.45) is 1.49. The van der Waals surface area contributed by atoms with Gasteiger partial charge in [-0.1, -0.05) is 20.7 Å². The van der Waals surface area contributed by atoms with Gasteiger partial charge in [0.1, 0.15) is 4.61 Å². The third-order valence-corrected chi connectivity index (χ3v) is 1.82. The first-order valence-corrected chi connectivity index (χ1v) is 4.30. The van der Waals surface area contributed by atoms with Crippen molar-refractivity contribution < 1.29 is 4.74 Å². The maximum atomic E-state index is 4.80. The molecule has 0 fully saturated rings. The second-order valence-corrected chi connectivity index (χ2v) is 2.84. The minimum Gasteiger partial charge on any atom is -0.473 e. The van der Waals surface area contributed by atoms with Gasteiger partial charge in [-0.2, -0.15) is 0 Å². The van der Waals surface area contributed by atoms with Gasteiger partial charge in [-0.15, -0.1) is 0 Å². The van der Waals surface area contributed by atoms with Crippen LogP contribution < -0.4 is 0 Å². The van der Waals surface area contributed by atoms with E-state index in [0.717, 1.165) is 4.61 Å². The van der Waals surface area contributed by atoms with Crippen LogP contribution in [-0.4, -0.2) is 15.1 Å². The predicted molar refractivity (Wildman–Crippen MR) is 34.5 cm³/mol. The zero-order chi connectivity index (χ0) is 4.24. The summed E-state index contributed by atoms with van der Waals surface area (Å²) in [5.41, 5.74) is 0. The summed E-state index contributed by atoms with van der Waals surface area (Å²) < 4.78 is 7.65. The molecule has 6 heavy (non-hydrogen) atoms. The zero-order valence-corrected chi connectivity index (χ0v) is 5.25. The van der Waals surface area contributed by atoms with Crippen LogP contribution in [0.3, 0.4) is 0 Å². The largest absolute Gasteiger partial charge is 0.473 e. The van der Waals surface area contributed by atoms with Crippen molar-refractivity contribution in [3.8, 4) is 0 Å². The van der Waals surface area contributed by atoms with Crippen LogP contribution in [0.1, 0.15) is 0 Å². The molecule has 0 aliphatic carbocycles. The molecule has 0 atom stereocenters. The van der Waals surface area contributed by atoms with Crippen molar-refractivity contribution in [2.24, 2.45) is 4.99 Å². The molecule has 0 amide bonds. The smallest absolute Gasteiger partial charge is 0.175 e. The monoisotopic (exact) mass is 197 g/mol. The number of aliphatic imine (C=N–C) groups is 1. The number of ether oxygens (including phenoxy) is 1. The summed E-state index contributed by atoms with van der Waals surface area (Å²) >= 11 is 0.170. The maximum Gasteiger partial charge on any atom is 0.175 e. The van der Waals surface area contributed by atoms with Crippen LogP contribution in [0.4, 0.5) is 0 Å². The Kier molecular flexibility index (Phi) is 1.61.